The van der Waals surface area contributed by atoms with Crippen molar-refractivity contribution in [3.8, 4) is 5.75 Å². The van der Waals surface area contributed by atoms with Gasteiger partial charge in [-0.05, 0) is 44.5 Å². The number of aryl methyl sites for hydroxylation is 2. The molecule has 3 aromatic rings. The number of aromatic nitrogens is 4. The Balaban J connectivity index is 1.73. The van der Waals surface area contributed by atoms with Gasteiger partial charge in [-0.2, -0.15) is 10.2 Å². The first-order chi connectivity index (χ1) is 13.8. The number of hydrogen-bond donors (Lipinski definition) is 1. The van der Waals surface area contributed by atoms with Crippen molar-refractivity contribution in [3.63, 3.8) is 0 Å². The second-order valence-corrected chi connectivity index (χ2v) is 6.77. The molecule has 1 aromatic carbocycles. The van der Waals surface area contributed by atoms with Crippen molar-refractivity contribution in [2.24, 2.45) is 0 Å². The Morgan fingerprint density at radius 3 is 2.59 bits per heavy atom. The smallest absolute Gasteiger partial charge is 0.282 e. The van der Waals surface area contributed by atoms with Crippen LogP contribution in [-0.2, 0) is 17.9 Å². The summed E-state index contributed by atoms with van der Waals surface area (Å²) in [5.41, 5.74) is 3.25. The summed E-state index contributed by atoms with van der Waals surface area (Å²) in [6.07, 6.45) is -2.67. The molecule has 0 radical (unpaired) electrons. The van der Waals surface area contributed by atoms with Crippen molar-refractivity contribution < 1.29 is 18.3 Å². The van der Waals surface area contributed by atoms with Crippen LogP contribution in [0.25, 0.3) is 0 Å². The zero-order valence-electron chi connectivity index (χ0n) is 16.7. The van der Waals surface area contributed by atoms with Crippen molar-refractivity contribution in [2.45, 2.75) is 40.3 Å². The molecule has 2 aromatic heterocycles. The monoisotopic (exact) mass is 403 g/mol. The van der Waals surface area contributed by atoms with Crippen molar-refractivity contribution >= 4 is 11.6 Å². The number of anilines is 1. The lowest BCUT2D eigenvalue weighted by Crippen LogP contribution is -2.21. The molecule has 0 aliphatic heterocycles. The van der Waals surface area contributed by atoms with Crippen molar-refractivity contribution in [1.29, 1.82) is 0 Å². The number of benzene rings is 1. The van der Waals surface area contributed by atoms with Crippen LogP contribution in [0, 0.1) is 20.8 Å². The third kappa shape index (κ3) is 4.61. The van der Waals surface area contributed by atoms with Crippen LogP contribution in [-0.4, -0.2) is 32.6 Å². The third-order valence-electron chi connectivity index (χ3n) is 4.63. The van der Waals surface area contributed by atoms with Crippen LogP contribution in [0.2, 0.25) is 0 Å². The third-order valence-corrected chi connectivity index (χ3v) is 4.63. The van der Waals surface area contributed by atoms with Crippen LogP contribution in [0.4, 0.5) is 14.5 Å². The molecule has 154 valence electrons. The molecule has 1 amide bonds. The van der Waals surface area contributed by atoms with Crippen molar-refractivity contribution in [2.75, 3.05) is 12.4 Å². The fourth-order valence-electron chi connectivity index (χ4n) is 3.09. The van der Waals surface area contributed by atoms with Gasteiger partial charge in [-0.15, -0.1) is 0 Å². The van der Waals surface area contributed by atoms with Gasteiger partial charge in [-0.25, -0.2) is 8.78 Å². The maximum atomic E-state index is 12.8. The van der Waals surface area contributed by atoms with Gasteiger partial charge in [0.1, 0.15) is 18.0 Å². The second-order valence-electron chi connectivity index (χ2n) is 6.77. The summed E-state index contributed by atoms with van der Waals surface area (Å²) in [4.78, 5) is 12.5. The number of hydrogen-bond acceptors (Lipinski definition) is 4. The molecule has 0 bridgehead atoms. The molecule has 0 spiro atoms. The largest absolute Gasteiger partial charge is 0.497 e. The summed E-state index contributed by atoms with van der Waals surface area (Å²) in [5.74, 6) is 0.402. The maximum absolute atomic E-state index is 12.8. The van der Waals surface area contributed by atoms with E-state index in [-0.39, 0.29) is 18.1 Å². The summed E-state index contributed by atoms with van der Waals surface area (Å²) in [6.45, 7) is 5.67. The van der Waals surface area contributed by atoms with Crippen LogP contribution in [0.5, 0.6) is 5.75 Å². The molecule has 7 nitrogen and oxygen atoms in total. The summed E-state index contributed by atoms with van der Waals surface area (Å²) in [6, 6.07) is 8.95. The quantitative estimate of drug-likeness (QED) is 0.654. The molecule has 0 unspecified atom stereocenters. The van der Waals surface area contributed by atoms with Gasteiger partial charge in [0.25, 0.3) is 6.43 Å². The standard InChI is InChI=1S/C20H23F2N5O2/c1-12-8-17(20(21)22)25-26(12)11-18(28)23-19-13(2)24-27(14(19)3)10-15-6-5-7-16(9-15)29-4/h5-9,20H,10-11H2,1-4H3,(H,23,28). The zero-order chi connectivity index (χ0) is 21.1. The van der Waals surface area contributed by atoms with E-state index in [9.17, 15) is 13.6 Å². The second kappa shape index (κ2) is 8.42. The number of methoxy groups -OCH3 is 1. The Morgan fingerprint density at radius 2 is 1.93 bits per heavy atom. The summed E-state index contributed by atoms with van der Waals surface area (Å²) in [5, 5.41) is 11.1. The lowest BCUT2D eigenvalue weighted by molar-refractivity contribution is -0.117. The van der Waals surface area contributed by atoms with E-state index in [0.29, 0.717) is 23.6 Å². The molecule has 1 N–H and O–H groups in total. The number of carbonyl (C=O) groups excluding carboxylic acids is 1. The highest BCUT2D eigenvalue weighted by molar-refractivity contribution is 5.91. The first-order valence-electron chi connectivity index (χ1n) is 9.07. The van der Waals surface area contributed by atoms with Crippen LogP contribution in [0.15, 0.2) is 30.3 Å². The van der Waals surface area contributed by atoms with E-state index >= 15 is 0 Å². The van der Waals surface area contributed by atoms with Gasteiger partial charge in [0.2, 0.25) is 5.91 Å². The van der Waals surface area contributed by atoms with Crippen LogP contribution >= 0.6 is 0 Å². The normalized spacial score (nSPS) is 11.1. The average molecular weight is 403 g/mol. The van der Waals surface area contributed by atoms with E-state index in [1.54, 1.807) is 25.6 Å². The molecule has 0 aliphatic rings. The molecule has 2 heterocycles. The predicted molar refractivity (Wildman–Crippen MR) is 104 cm³/mol. The van der Waals surface area contributed by atoms with Crippen LogP contribution in [0.3, 0.4) is 0 Å². The summed E-state index contributed by atoms with van der Waals surface area (Å²) in [7, 11) is 1.61. The van der Waals surface area contributed by atoms with E-state index in [1.807, 2.05) is 31.2 Å². The van der Waals surface area contributed by atoms with E-state index < -0.39 is 6.43 Å². The molecule has 29 heavy (non-hydrogen) atoms. The Hall–Kier alpha value is -3.23. The minimum atomic E-state index is -2.67. The Kier molecular flexibility index (Phi) is 5.95. The van der Waals surface area contributed by atoms with Gasteiger partial charge in [0.05, 0.1) is 30.7 Å². The van der Waals surface area contributed by atoms with Crippen LogP contribution < -0.4 is 10.1 Å². The molecular weight excluding hydrogens is 380 g/mol. The van der Waals surface area contributed by atoms with Gasteiger partial charge in [0.15, 0.2) is 0 Å². The molecular formula is C20H23F2N5O2. The fourth-order valence-corrected chi connectivity index (χ4v) is 3.09. The topological polar surface area (TPSA) is 74.0 Å². The maximum Gasteiger partial charge on any atom is 0.282 e. The molecule has 9 heteroatoms. The number of nitrogens with zero attached hydrogens (tertiary/aromatic N) is 4. The SMILES string of the molecule is COc1cccc(Cn2nc(C)c(NC(=O)Cn3nc(C(F)F)cc3C)c2C)c1. The number of halogens is 2. The first-order valence-corrected chi connectivity index (χ1v) is 9.07. The summed E-state index contributed by atoms with van der Waals surface area (Å²) >= 11 is 0. The van der Waals surface area contributed by atoms with Gasteiger partial charge in [0, 0.05) is 5.69 Å². The van der Waals surface area contributed by atoms with E-state index in [2.05, 4.69) is 15.5 Å². The van der Waals surface area contributed by atoms with E-state index in [1.165, 1.54) is 10.7 Å². The fraction of sp³-hybridized carbons (Fsp3) is 0.350. The molecule has 0 fully saturated rings. The van der Waals surface area contributed by atoms with Gasteiger partial charge < -0.3 is 10.1 Å². The molecule has 3 rings (SSSR count). The molecule has 0 aliphatic carbocycles. The first kappa shape index (κ1) is 20.5. The number of ether oxygens (including phenoxy) is 1. The number of nitrogens with one attached hydrogen (secondary N) is 1. The summed E-state index contributed by atoms with van der Waals surface area (Å²) < 4.78 is 33.9. The minimum Gasteiger partial charge on any atom is -0.497 e. The number of amides is 1. The van der Waals surface area contributed by atoms with Gasteiger partial charge >= 0.3 is 0 Å². The lowest BCUT2D eigenvalue weighted by atomic mass is 10.2. The highest BCUT2D eigenvalue weighted by Crippen LogP contribution is 2.22. The van der Waals surface area contributed by atoms with Gasteiger partial charge in [-0.1, -0.05) is 12.1 Å². The van der Waals surface area contributed by atoms with Gasteiger partial charge in [-0.3, -0.25) is 14.2 Å². The number of rotatable bonds is 7. The Bertz CT molecular complexity index is 1030. The van der Waals surface area contributed by atoms with E-state index in [4.69, 9.17) is 4.74 Å². The van der Waals surface area contributed by atoms with Crippen molar-refractivity contribution in [3.05, 3.63) is 58.7 Å². The molecule has 0 saturated carbocycles. The van der Waals surface area contributed by atoms with E-state index in [0.717, 1.165) is 17.0 Å². The van der Waals surface area contributed by atoms with Crippen LogP contribution in [0.1, 0.15) is 34.8 Å². The minimum absolute atomic E-state index is 0.154. The Labute approximate surface area is 167 Å². The predicted octanol–water partition coefficient (Wildman–Crippen LogP) is 3.64. The molecule has 0 atom stereocenters. The van der Waals surface area contributed by atoms with Crippen molar-refractivity contribution in [1.82, 2.24) is 19.6 Å². The highest BCUT2D eigenvalue weighted by atomic mass is 19.3. The lowest BCUT2D eigenvalue weighted by Gasteiger charge is -2.09. The molecule has 0 saturated heterocycles. The number of carbonyl (C=O) groups is 1. The average Bonchev–Trinajstić information content (AvgIpc) is 3.17. The zero-order valence-corrected chi connectivity index (χ0v) is 16.7. The number of alkyl halides is 2. The highest BCUT2D eigenvalue weighted by Gasteiger charge is 2.18. The Morgan fingerprint density at radius 1 is 1.17 bits per heavy atom.